The second-order valence-corrected chi connectivity index (χ2v) is 7.33. The lowest BCUT2D eigenvalue weighted by molar-refractivity contribution is -0.168. The summed E-state index contributed by atoms with van der Waals surface area (Å²) in [6, 6.07) is 0. The van der Waals surface area contributed by atoms with Crippen LogP contribution >= 0.6 is 0 Å². The normalized spacial score (nSPS) is 35.7. The molecule has 118 valence electrons. The molecule has 1 aliphatic heterocycles. The number of aliphatic hydroxyl groups excluding tert-OH is 1. The molecule has 4 atom stereocenters. The SMILES string of the molecule is O=C1C2C3CCC(C3)C2C(=O)N1OS(=O)(=O)C(F)(F)CO. The van der Waals surface area contributed by atoms with Crippen LogP contribution in [0.4, 0.5) is 8.78 Å². The molecule has 3 aliphatic rings. The Labute approximate surface area is 118 Å². The summed E-state index contributed by atoms with van der Waals surface area (Å²) >= 11 is 0. The number of aliphatic hydroxyl groups is 1. The van der Waals surface area contributed by atoms with Gasteiger partial charge in [-0.1, -0.05) is 0 Å². The van der Waals surface area contributed by atoms with Crippen LogP contribution in [0.25, 0.3) is 0 Å². The minimum absolute atomic E-state index is 0.0221. The Morgan fingerprint density at radius 2 is 1.67 bits per heavy atom. The molecule has 1 heterocycles. The van der Waals surface area contributed by atoms with Crippen LogP contribution in [0.15, 0.2) is 0 Å². The van der Waals surface area contributed by atoms with Crippen molar-refractivity contribution in [2.75, 3.05) is 6.61 Å². The topological polar surface area (TPSA) is 101 Å². The number of amides is 2. The first-order chi connectivity index (χ1) is 9.69. The van der Waals surface area contributed by atoms with Gasteiger partial charge in [0.05, 0.1) is 11.8 Å². The Hall–Kier alpha value is -1.13. The summed E-state index contributed by atoms with van der Waals surface area (Å²) in [5.74, 6) is -3.15. The highest BCUT2D eigenvalue weighted by atomic mass is 32.2. The molecule has 2 amide bonds. The van der Waals surface area contributed by atoms with Crippen LogP contribution in [0.3, 0.4) is 0 Å². The molecule has 3 fully saturated rings. The predicted octanol–water partition coefficient (Wildman–Crippen LogP) is -0.136. The Morgan fingerprint density at radius 1 is 1.19 bits per heavy atom. The van der Waals surface area contributed by atoms with Crippen LogP contribution in [-0.2, 0) is 24.0 Å². The fraction of sp³-hybridized carbons (Fsp3) is 0.818. The zero-order chi connectivity index (χ0) is 15.6. The predicted molar refractivity (Wildman–Crippen MR) is 61.7 cm³/mol. The van der Waals surface area contributed by atoms with E-state index >= 15 is 0 Å². The van der Waals surface area contributed by atoms with Crippen molar-refractivity contribution in [1.82, 2.24) is 5.06 Å². The van der Waals surface area contributed by atoms with Gasteiger partial charge in [0.25, 0.3) is 11.8 Å². The molecule has 2 saturated carbocycles. The summed E-state index contributed by atoms with van der Waals surface area (Å²) in [6.07, 6.45) is 2.25. The minimum Gasteiger partial charge on any atom is -0.389 e. The van der Waals surface area contributed by atoms with Gasteiger partial charge in [0.15, 0.2) is 0 Å². The van der Waals surface area contributed by atoms with Gasteiger partial charge in [0.2, 0.25) is 0 Å². The Kier molecular flexibility index (Phi) is 3.12. The molecule has 4 unspecified atom stereocenters. The highest BCUT2D eigenvalue weighted by Crippen LogP contribution is 2.56. The number of nitrogens with zero attached hydrogens (tertiary/aromatic N) is 1. The van der Waals surface area contributed by atoms with Crippen LogP contribution in [0.1, 0.15) is 19.3 Å². The molecule has 0 aromatic rings. The number of halogens is 2. The van der Waals surface area contributed by atoms with Crippen LogP contribution < -0.4 is 0 Å². The van der Waals surface area contributed by atoms with Crippen LogP contribution in [0.2, 0.25) is 0 Å². The lowest BCUT2D eigenvalue weighted by Gasteiger charge is -2.19. The first kappa shape index (κ1) is 14.8. The van der Waals surface area contributed by atoms with E-state index in [0.29, 0.717) is 0 Å². The summed E-state index contributed by atoms with van der Waals surface area (Å²) in [5, 5.41) is 3.76. The summed E-state index contributed by atoms with van der Waals surface area (Å²) in [5.41, 5.74) is 0. The highest BCUT2D eigenvalue weighted by Gasteiger charge is 2.63. The van der Waals surface area contributed by atoms with E-state index in [9.17, 15) is 26.8 Å². The summed E-state index contributed by atoms with van der Waals surface area (Å²) in [6.45, 7) is -2.00. The number of alkyl halides is 2. The zero-order valence-corrected chi connectivity index (χ0v) is 11.6. The molecule has 2 aliphatic carbocycles. The molecule has 1 saturated heterocycles. The number of fused-ring (bicyclic) bond motifs is 5. The maximum absolute atomic E-state index is 13.1. The van der Waals surface area contributed by atoms with Gasteiger partial charge in [0, 0.05) is 0 Å². The second kappa shape index (κ2) is 4.43. The molecule has 21 heavy (non-hydrogen) atoms. The van der Waals surface area contributed by atoms with Crippen molar-refractivity contribution in [2.45, 2.75) is 24.5 Å². The van der Waals surface area contributed by atoms with Gasteiger partial charge in [-0.25, -0.2) is 0 Å². The third-order valence-electron chi connectivity index (χ3n) is 4.61. The van der Waals surface area contributed by atoms with Gasteiger partial charge in [-0.2, -0.15) is 17.2 Å². The molecule has 0 aromatic heterocycles. The summed E-state index contributed by atoms with van der Waals surface area (Å²) < 4.78 is 52.9. The number of carbonyl (C=O) groups is 2. The van der Waals surface area contributed by atoms with E-state index in [0.717, 1.165) is 19.3 Å². The standard InChI is InChI=1S/C11H13F2NO6S/c12-11(13,4-15)21(18,19)20-14-9(16)7-5-1-2-6(3-5)8(7)10(14)17/h5-8,15H,1-4H2. The van der Waals surface area contributed by atoms with Crippen molar-refractivity contribution in [1.29, 1.82) is 0 Å². The van der Waals surface area contributed by atoms with Crippen LogP contribution in [-0.4, -0.2) is 42.3 Å². The molecule has 1 N–H and O–H groups in total. The van der Waals surface area contributed by atoms with Crippen molar-refractivity contribution >= 4 is 21.9 Å². The van der Waals surface area contributed by atoms with E-state index in [1.54, 1.807) is 0 Å². The van der Waals surface area contributed by atoms with E-state index in [-0.39, 0.29) is 16.9 Å². The first-order valence-corrected chi connectivity index (χ1v) is 7.91. The van der Waals surface area contributed by atoms with E-state index in [2.05, 4.69) is 4.28 Å². The van der Waals surface area contributed by atoms with Crippen molar-refractivity contribution in [3.05, 3.63) is 0 Å². The van der Waals surface area contributed by atoms with Gasteiger partial charge < -0.3 is 5.11 Å². The molecular weight excluding hydrogens is 312 g/mol. The van der Waals surface area contributed by atoms with Gasteiger partial charge in [-0.3, -0.25) is 9.59 Å². The van der Waals surface area contributed by atoms with Crippen molar-refractivity contribution in [3.8, 4) is 0 Å². The van der Waals surface area contributed by atoms with Crippen LogP contribution in [0.5, 0.6) is 0 Å². The van der Waals surface area contributed by atoms with E-state index in [1.807, 2.05) is 0 Å². The van der Waals surface area contributed by atoms with Crippen molar-refractivity contribution in [2.24, 2.45) is 23.7 Å². The lowest BCUT2D eigenvalue weighted by Crippen LogP contribution is -2.42. The lowest BCUT2D eigenvalue weighted by atomic mass is 9.81. The number of carbonyl (C=O) groups excluding carboxylic acids is 2. The molecule has 3 rings (SSSR count). The Balaban J connectivity index is 1.85. The molecular formula is C11H13F2NO6S. The number of rotatable bonds is 4. The highest BCUT2D eigenvalue weighted by molar-refractivity contribution is 7.87. The Bertz CT molecular complexity index is 578. The third-order valence-corrected chi connectivity index (χ3v) is 5.82. The maximum Gasteiger partial charge on any atom is 0.394 e. The largest absolute Gasteiger partial charge is 0.394 e. The zero-order valence-electron chi connectivity index (χ0n) is 10.7. The van der Waals surface area contributed by atoms with Gasteiger partial charge in [-0.05, 0) is 31.1 Å². The smallest absolute Gasteiger partial charge is 0.389 e. The third kappa shape index (κ3) is 1.92. The van der Waals surface area contributed by atoms with Gasteiger partial charge >= 0.3 is 15.4 Å². The maximum atomic E-state index is 13.1. The average Bonchev–Trinajstić information content (AvgIpc) is 3.08. The van der Waals surface area contributed by atoms with E-state index in [1.165, 1.54) is 0 Å². The molecule has 0 spiro atoms. The minimum atomic E-state index is -5.60. The monoisotopic (exact) mass is 325 g/mol. The summed E-state index contributed by atoms with van der Waals surface area (Å²) in [4.78, 5) is 24.2. The first-order valence-electron chi connectivity index (χ1n) is 6.50. The molecule has 0 radical (unpaired) electrons. The number of hydroxylamine groups is 2. The summed E-state index contributed by atoms with van der Waals surface area (Å²) in [7, 11) is -5.60. The fourth-order valence-electron chi connectivity index (χ4n) is 3.69. The quantitative estimate of drug-likeness (QED) is 0.722. The number of hydrogen-bond acceptors (Lipinski definition) is 6. The molecule has 10 heteroatoms. The number of hydrogen-bond donors (Lipinski definition) is 1. The second-order valence-electron chi connectivity index (χ2n) is 5.68. The van der Waals surface area contributed by atoms with Crippen molar-refractivity contribution in [3.63, 3.8) is 0 Å². The fourth-order valence-corrected chi connectivity index (χ4v) is 4.30. The number of imide groups is 1. The average molecular weight is 325 g/mol. The molecule has 0 aromatic carbocycles. The Morgan fingerprint density at radius 3 is 2.10 bits per heavy atom. The van der Waals surface area contributed by atoms with E-state index in [4.69, 9.17) is 5.11 Å². The molecule has 7 nitrogen and oxygen atoms in total. The van der Waals surface area contributed by atoms with Crippen molar-refractivity contribution < 1.29 is 36.2 Å². The van der Waals surface area contributed by atoms with Gasteiger partial charge in [-0.15, -0.1) is 9.35 Å². The van der Waals surface area contributed by atoms with E-state index < -0.39 is 45.6 Å². The van der Waals surface area contributed by atoms with Gasteiger partial charge in [0.1, 0.15) is 6.61 Å². The van der Waals surface area contributed by atoms with Crippen LogP contribution in [0, 0.1) is 23.7 Å². The molecule has 2 bridgehead atoms.